The molecule has 2 fully saturated rings. The molecule has 32 heavy (non-hydrogen) atoms. The second-order valence-electron chi connectivity index (χ2n) is 8.22. The SMILES string of the molecule is Cc1ncc(NC2CC(Nc3ccc(Cl)cc3S(C)(=O)=O)C3C(=O)N(C)NC3N2)nc1C. The number of amides is 1. The van der Waals surface area contributed by atoms with Crippen LogP contribution in [0.5, 0.6) is 0 Å². The number of rotatable bonds is 5. The van der Waals surface area contributed by atoms with Gasteiger partial charge in [0.15, 0.2) is 9.84 Å². The number of nitrogens with one attached hydrogen (secondary N) is 4. The number of sulfone groups is 1. The van der Waals surface area contributed by atoms with E-state index in [-0.39, 0.29) is 29.2 Å². The first kappa shape index (κ1) is 22.7. The van der Waals surface area contributed by atoms with Crippen LogP contribution < -0.4 is 21.4 Å². The van der Waals surface area contributed by atoms with Crippen molar-refractivity contribution in [3.8, 4) is 0 Å². The zero-order valence-corrected chi connectivity index (χ0v) is 19.8. The van der Waals surface area contributed by atoms with Crippen molar-refractivity contribution in [2.24, 2.45) is 5.92 Å². The maximum Gasteiger partial charge on any atom is 0.244 e. The lowest BCUT2D eigenvalue weighted by Gasteiger charge is -2.39. The summed E-state index contributed by atoms with van der Waals surface area (Å²) < 4.78 is 24.7. The Morgan fingerprint density at radius 2 is 1.97 bits per heavy atom. The van der Waals surface area contributed by atoms with E-state index >= 15 is 0 Å². The summed E-state index contributed by atoms with van der Waals surface area (Å²) >= 11 is 6.04. The van der Waals surface area contributed by atoms with E-state index in [0.717, 1.165) is 17.6 Å². The molecule has 0 aliphatic carbocycles. The largest absolute Gasteiger partial charge is 0.380 e. The molecule has 172 valence electrons. The molecule has 4 rings (SSSR count). The molecule has 0 spiro atoms. The smallest absolute Gasteiger partial charge is 0.244 e. The molecule has 10 nitrogen and oxygen atoms in total. The number of hydrogen-bond donors (Lipinski definition) is 4. The van der Waals surface area contributed by atoms with E-state index in [9.17, 15) is 13.2 Å². The fourth-order valence-corrected chi connectivity index (χ4v) is 5.21. The van der Waals surface area contributed by atoms with Crippen molar-refractivity contribution in [1.82, 2.24) is 25.7 Å². The number of hydrogen-bond acceptors (Lipinski definition) is 9. The van der Waals surface area contributed by atoms with Gasteiger partial charge >= 0.3 is 0 Å². The lowest BCUT2D eigenvalue weighted by molar-refractivity contribution is -0.131. The average molecular weight is 480 g/mol. The predicted molar refractivity (Wildman–Crippen MR) is 122 cm³/mol. The van der Waals surface area contributed by atoms with Crippen LogP contribution in [0.3, 0.4) is 0 Å². The first-order valence-electron chi connectivity index (χ1n) is 10.2. The molecule has 2 aromatic rings. The monoisotopic (exact) mass is 479 g/mol. The summed E-state index contributed by atoms with van der Waals surface area (Å²) in [5.41, 5.74) is 5.22. The summed E-state index contributed by atoms with van der Waals surface area (Å²) in [6.07, 6.45) is 2.70. The predicted octanol–water partition coefficient (Wildman–Crippen LogP) is 1.28. The molecule has 1 aromatic heterocycles. The Morgan fingerprint density at radius 1 is 1.22 bits per heavy atom. The Labute approximate surface area is 192 Å². The van der Waals surface area contributed by atoms with Gasteiger partial charge in [-0.05, 0) is 32.0 Å². The van der Waals surface area contributed by atoms with Crippen LogP contribution in [0.15, 0.2) is 29.3 Å². The maximum absolute atomic E-state index is 12.8. The average Bonchev–Trinajstić information content (AvgIpc) is 2.99. The lowest BCUT2D eigenvalue weighted by Crippen LogP contribution is -2.61. The zero-order chi connectivity index (χ0) is 23.2. The van der Waals surface area contributed by atoms with E-state index in [2.05, 4.69) is 31.3 Å². The summed E-state index contributed by atoms with van der Waals surface area (Å²) in [5, 5.41) is 11.8. The Hall–Kier alpha value is -2.47. The molecular formula is C20H26ClN7O3S. The van der Waals surface area contributed by atoms with Crippen LogP contribution in [0.25, 0.3) is 0 Å². The van der Waals surface area contributed by atoms with E-state index in [1.807, 2.05) is 13.8 Å². The molecule has 3 heterocycles. The van der Waals surface area contributed by atoms with E-state index in [1.54, 1.807) is 25.4 Å². The van der Waals surface area contributed by atoms with Gasteiger partial charge in [0.25, 0.3) is 0 Å². The first-order chi connectivity index (χ1) is 15.0. The van der Waals surface area contributed by atoms with Crippen LogP contribution in [0.4, 0.5) is 11.5 Å². The van der Waals surface area contributed by atoms with Crippen LogP contribution in [0.2, 0.25) is 5.02 Å². The molecule has 4 unspecified atom stereocenters. The third-order valence-corrected chi connectivity index (χ3v) is 7.18. The van der Waals surface area contributed by atoms with E-state index in [4.69, 9.17) is 11.6 Å². The number of anilines is 2. The van der Waals surface area contributed by atoms with Gasteiger partial charge in [0.2, 0.25) is 5.91 Å². The number of carbonyl (C=O) groups excluding carboxylic acids is 1. The Balaban J connectivity index is 1.63. The molecule has 2 saturated heterocycles. The standard InChI is InChI=1S/C20H26ClN7O3S/c1-10-11(2)23-17(9-22-10)25-16-8-14(18-19(26-16)27-28(3)20(18)29)24-13-6-5-12(21)7-15(13)32(4,30)31/h5-7,9,14,16,18-19,24,26-27H,8H2,1-4H3,(H,23,25). The lowest BCUT2D eigenvalue weighted by atomic mass is 9.88. The second kappa shape index (κ2) is 8.47. The Morgan fingerprint density at radius 3 is 2.66 bits per heavy atom. The number of fused-ring (bicyclic) bond motifs is 1. The van der Waals surface area contributed by atoms with Crippen molar-refractivity contribution in [3.63, 3.8) is 0 Å². The van der Waals surface area contributed by atoms with E-state index in [1.165, 1.54) is 11.1 Å². The quantitative estimate of drug-likeness (QED) is 0.501. The van der Waals surface area contributed by atoms with Gasteiger partial charge in [0.1, 0.15) is 5.82 Å². The van der Waals surface area contributed by atoms with Crippen molar-refractivity contribution in [1.29, 1.82) is 0 Å². The van der Waals surface area contributed by atoms with Crippen LogP contribution in [0.1, 0.15) is 17.8 Å². The highest BCUT2D eigenvalue weighted by Crippen LogP contribution is 2.32. The molecule has 12 heteroatoms. The van der Waals surface area contributed by atoms with Gasteiger partial charge in [-0.25, -0.2) is 18.8 Å². The van der Waals surface area contributed by atoms with Crippen LogP contribution in [0, 0.1) is 19.8 Å². The summed E-state index contributed by atoms with van der Waals surface area (Å²) in [5.74, 6) is 0.0927. The van der Waals surface area contributed by atoms with Crippen LogP contribution in [-0.4, -0.2) is 61.0 Å². The molecule has 2 aliphatic rings. The van der Waals surface area contributed by atoms with Crippen molar-refractivity contribution < 1.29 is 13.2 Å². The minimum Gasteiger partial charge on any atom is -0.380 e. The number of piperidine rings is 1. The van der Waals surface area contributed by atoms with Crippen molar-refractivity contribution in [3.05, 3.63) is 40.8 Å². The molecule has 4 atom stereocenters. The van der Waals surface area contributed by atoms with Gasteiger partial charge in [0, 0.05) is 30.8 Å². The van der Waals surface area contributed by atoms with E-state index in [0.29, 0.717) is 22.9 Å². The van der Waals surface area contributed by atoms with Gasteiger partial charge in [0.05, 0.1) is 46.4 Å². The normalized spacial score (nSPS) is 25.5. The third-order valence-electron chi connectivity index (χ3n) is 5.81. The molecule has 4 N–H and O–H groups in total. The third kappa shape index (κ3) is 4.51. The van der Waals surface area contributed by atoms with Gasteiger partial charge < -0.3 is 10.6 Å². The highest BCUT2D eigenvalue weighted by Gasteiger charge is 2.48. The second-order valence-corrected chi connectivity index (χ2v) is 10.6. The summed E-state index contributed by atoms with van der Waals surface area (Å²) in [6.45, 7) is 3.78. The maximum atomic E-state index is 12.8. The summed E-state index contributed by atoms with van der Waals surface area (Å²) in [6, 6.07) is 4.31. The first-order valence-corrected chi connectivity index (χ1v) is 12.4. The van der Waals surface area contributed by atoms with Crippen molar-refractivity contribution >= 4 is 38.9 Å². The van der Waals surface area contributed by atoms with Gasteiger partial charge in [-0.3, -0.25) is 20.1 Å². The molecule has 0 radical (unpaired) electrons. The number of aryl methyl sites for hydroxylation is 2. The molecule has 2 aliphatic heterocycles. The number of hydrazine groups is 1. The summed E-state index contributed by atoms with van der Waals surface area (Å²) in [7, 11) is -1.86. The zero-order valence-electron chi connectivity index (χ0n) is 18.2. The van der Waals surface area contributed by atoms with Gasteiger partial charge in [-0.2, -0.15) is 0 Å². The summed E-state index contributed by atoms with van der Waals surface area (Å²) in [4.78, 5) is 21.8. The molecule has 0 bridgehead atoms. The minimum atomic E-state index is -3.53. The molecule has 1 amide bonds. The topological polar surface area (TPSA) is 128 Å². The number of nitrogens with zero attached hydrogens (tertiary/aromatic N) is 3. The van der Waals surface area contributed by atoms with E-state index < -0.39 is 15.8 Å². The van der Waals surface area contributed by atoms with Gasteiger partial charge in [-0.1, -0.05) is 11.6 Å². The molecule has 0 saturated carbocycles. The van der Waals surface area contributed by atoms with Gasteiger partial charge in [-0.15, -0.1) is 0 Å². The number of aromatic nitrogens is 2. The minimum absolute atomic E-state index is 0.0840. The van der Waals surface area contributed by atoms with Crippen LogP contribution in [-0.2, 0) is 14.6 Å². The molecule has 1 aromatic carbocycles. The Kier molecular flexibility index (Phi) is 6.01. The van der Waals surface area contributed by atoms with Crippen molar-refractivity contribution in [2.45, 2.75) is 43.5 Å². The number of benzene rings is 1. The Bertz CT molecular complexity index is 1160. The highest BCUT2D eigenvalue weighted by molar-refractivity contribution is 7.90. The number of carbonyl (C=O) groups is 1. The van der Waals surface area contributed by atoms with Crippen molar-refractivity contribution in [2.75, 3.05) is 23.9 Å². The fourth-order valence-electron chi connectivity index (χ4n) is 4.11. The number of halogens is 1. The molecular weight excluding hydrogens is 454 g/mol. The van der Waals surface area contributed by atoms with Crippen LogP contribution >= 0.6 is 11.6 Å². The fraction of sp³-hybridized carbons (Fsp3) is 0.450. The highest BCUT2D eigenvalue weighted by atomic mass is 35.5.